The van der Waals surface area contributed by atoms with E-state index in [4.69, 9.17) is 0 Å². The fourth-order valence-corrected chi connectivity index (χ4v) is 3.97. The van der Waals surface area contributed by atoms with Crippen molar-refractivity contribution >= 4 is 22.6 Å². The molecule has 1 saturated heterocycles. The fourth-order valence-electron chi connectivity index (χ4n) is 3.97. The van der Waals surface area contributed by atoms with Crippen LogP contribution in [0.4, 0.5) is 18.0 Å². The lowest BCUT2D eigenvalue weighted by atomic mass is 9.76. The summed E-state index contributed by atoms with van der Waals surface area (Å²) < 4.78 is 42.1. The Morgan fingerprint density at radius 3 is 2.29 bits per heavy atom. The third-order valence-electron chi connectivity index (χ3n) is 5.41. The summed E-state index contributed by atoms with van der Waals surface area (Å²) in [5.74, 6) is -3.68. The number of ketones is 1. The van der Waals surface area contributed by atoms with Crippen molar-refractivity contribution in [3.8, 4) is 5.75 Å². The van der Waals surface area contributed by atoms with Crippen molar-refractivity contribution in [2.45, 2.75) is 17.9 Å². The van der Waals surface area contributed by atoms with Crippen LogP contribution < -0.4 is 10.6 Å². The minimum atomic E-state index is -5.38. The second-order valence-electron chi connectivity index (χ2n) is 7.27. The van der Waals surface area contributed by atoms with Crippen molar-refractivity contribution < 1.29 is 33.0 Å². The number of Topliss-reactive ketones (excluding diaryl/α,β-unsaturated/α-hetero) is 1. The van der Waals surface area contributed by atoms with Crippen LogP contribution in [0, 0.1) is 5.92 Å². The maximum absolute atomic E-state index is 14.0. The van der Waals surface area contributed by atoms with Crippen LogP contribution in [-0.4, -0.2) is 33.9 Å². The number of nitrogens with one attached hydrogen (secondary N) is 2. The zero-order valence-electron chi connectivity index (χ0n) is 15.9. The fraction of sp³-hybridized carbons (Fsp3) is 0.182. The maximum Gasteiger partial charge on any atom is 0.437 e. The van der Waals surface area contributed by atoms with Gasteiger partial charge in [-0.2, -0.15) is 13.2 Å². The number of amides is 2. The SMILES string of the molecule is O=C1NC(c2c(O)ccc3ccccc23)C(C(=O)c2ccccc2)C(O)(C(F)(F)F)N1. The van der Waals surface area contributed by atoms with E-state index in [0.717, 1.165) is 0 Å². The lowest BCUT2D eigenvalue weighted by molar-refractivity contribution is -0.287. The number of hydrogen-bond acceptors (Lipinski definition) is 4. The quantitative estimate of drug-likeness (QED) is 0.477. The molecular formula is C22H17F3N2O4. The molecule has 1 heterocycles. The smallest absolute Gasteiger partial charge is 0.437 e. The second-order valence-corrected chi connectivity index (χ2v) is 7.27. The summed E-state index contributed by atoms with van der Waals surface area (Å²) in [6.07, 6.45) is -5.38. The van der Waals surface area contributed by atoms with E-state index in [-0.39, 0.29) is 11.1 Å². The van der Waals surface area contributed by atoms with Crippen LogP contribution in [0.15, 0.2) is 66.7 Å². The Kier molecular flexibility index (Phi) is 4.85. The number of benzene rings is 3. The number of alkyl halides is 3. The van der Waals surface area contributed by atoms with Gasteiger partial charge in [0.15, 0.2) is 5.78 Å². The molecule has 2 amide bonds. The summed E-state index contributed by atoms with van der Waals surface area (Å²) in [7, 11) is 0. The lowest BCUT2D eigenvalue weighted by Crippen LogP contribution is -2.72. The minimum absolute atomic E-state index is 0.0853. The first kappa shape index (κ1) is 20.7. The van der Waals surface area contributed by atoms with Crippen LogP contribution in [-0.2, 0) is 0 Å². The maximum atomic E-state index is 14.0. The number of hydrogen-bond donors (Lipinski definition) is 4. The van der Waals surface area contributed by atoms with Crippen molar-refractivity contribution in [3.63, 3.8) is 0 Å². The van der Waals surface area contributed by atoms with Gasteiger partial charge in [-0.05, 0) is 16.8 Å². The highest BCUT2D eigenvalue weighted by Crippen LogP contribution is 2.47. The van der Waals surface area contributed by atoms with Crippen LogP contribution in [0.2, 0.25) is 0 Å². The van der Waals surface area contributed by atoms with Gasteiger partial charge in [-0.25, -0.2) is 4.79 Å². The van der Waals surface area contributed by atoms with Gasteiger partial charge in [-0.3, -0.25) is 4.79 Å². The molecule has 1 aliphatic rings. The van der Waals surface area contributed by atoms with E-state index >= 15 is 0 Å². The van der Waals surface area contributed by atoms with E-state index in [1.807, 2.05) is 0 Å². The molecule has 3 unspecified atom stereocenters. The molecule has 4 rings (SSSR count). The number of carbonyl (C=O) groups is 2. The van der Waals surface area contributed by atoms with Gasteiger partial charge in [0.25, 0.3) is 0 Å². The Bertz CT molecular complexity index is 1170. The Morgan fingerprint density at radius 1 is 0.968 bits per heavy atom. The topological polar surface area (TPSA) is 98.7 Å². The first-order chi connectivity index (χ1) is 14.6. The van der Waals surface area contributed by atoms with Gasteiger partial charge < -0.3 is 20.8 Å². The Morgan fingerprint density at radius 2 is 1.61 bits per heavy atom. The van der Waals surface area contributed by atoms with E-state index in [1.165, 1.54) is 35.6 Å². The number of fused-ring (bicyclic) bond motifs is 1. The van der Waals surface area contributed by atoms with E-state index < -0.39 is 41.4 Å². The van der Waals surface area contributed by atoms with Crippen LogP contribution >= 0.6 is 0 Å². The second kappa shape index (κ2) is 7.28. The molecule has 0 radical (unpaired) electrons. The minimum Gasteiger partial charge on any atom is -0.508 e. The van der Waals surface area contributed by atoms with E-state index in [2.05, 4.69) is 5.32 Å². The summed E-state index contributed by atoms with van der Waals surface area (Å²) in [6, 6.07) is 13.5. The van der Waals surface area contributed by atoms with Crippen LogP contribution in [0.1, 0.15) is 22.0 Å². The van der Waals surface area contributed by atoms with Gasteiger partial charge in [0.1, 0.15) is 11.7 Å². The Hall–Kier alpha value is -3.59. The molecule has 1 fully saturated rings. The van der Waals surface area contributed by atoms with Crippen molar-refractivity contribution in [1.29, 1.82) is 0 Å². The van der Waals surface area contributed by atoms with E-state index in [1.54, 1.807) is 36.4 Å². The third kappa shape index (κ3) is 3.36. The van der Waals surface area contributed by atoms with Crippen molar-refractivity contribution in [3.05, 3.63) is 77.9 Å². The summed E-state index contributed by atoms with van der Waals surface area (Å²) in [6.45, 7) is 0. The molecule has 3 aromatic rings. The van der Waals surface area contributed by atoms with Gasteiger partial charge >= 0.3 is 12.2 Å². The monoisotopic (exact) mass is 430 g/mol. The molecule has 6 nitrogen and oxygen atoms in total. The molecule has 9 heteroatoms. The van der Waals surface area contributed by atoms with Crippen LogP contribution in [0.3, 0.4) is 0 Å². The van der Waals surface area contributed by atoms with Crippen LogP contribution in [0.5, 0.6) is 5.75 Å². The number of aromatic hydroxyl groups is 1. The number of phenolic OH excluding ortho intramolecular Hbond substituents is 1. The molecule has 0 spiro atoms. The molecule has 0 aromatic heterocycles. The molecule has 4 N–H and O–H groups in total. The average Bonchev–Trinajstić information content (AvgIpc) is 2.72. The number of rotatable bonds is 3. The molecule has 0 bridgehead atoms. The largest absolute Gasteiger partial charge is 0.508 e. The third-order valence-corrected chi connectivity index (χ3v) is 5.41. The van der Waals surface area contributed by atoms with Gasteiger partial charge in [0.2, 0.25) is 5.72 Å². The van der Waals surface area contributed by atoms with Crippen molar-refractivity contribution in [2.75, 3.05) is 0 Å². The first-order valence-electron chi connectivity index (χ1n) is 9.31. The number of aliphatic hydroxyl groups is 1. The Labute approximate surface area is 174 Å². The average molecular weight is 430 g/mol. The summed E-state index contributed by atoms with van der Waals surface area (Å²) in [5.41, 5.74) is -4.04. The number of phenols is 1. The highest BCUT2D eigenvalue weighted by atomic mass is 19.4. The number of carbonyl (C=O) groups excluding carboxylic acids is 2. The molecule has 160 valence electrons. The number of urea groups is 1. The lowest BCUT2D eigenvalue weighted by Gasteiger charge is -2.45. The van der Waals surface area contributed by atoms with E-state index in [9.17, 15) is 33.0 Å². The van der Waals surface area contributed by atoms with Gasteiger partial charge in [-0.15, -0.1) is 0 Å². The van der Waals surface area contributed by atoms with Gasteiger partial charge in [-0.1, -0.05) is 60.7 Å². The molecule has 1 aliphatic heterocycles. The molecular weight excluding hydrogens is 413 g/mol. The van der Waals surface area contributed by atoms with Crippen molar-refractivity contribution in [2.24, 2.45) is 5.92 Å². The van der Waals surface area contributed by atoms with Crippen LogP contribution in [0.25, 0.3) is 10.8 Å². The molecule has 0 saturated carbocycles. The standard InChI is InChI=1S/C22H17F3N2O4/c23-22(24,25)21(31)17(19(29)13-7-2-1-3-8-13)18(26-20(30)27-21)16-14-9-5-4-6-12(14)10-11-15(16)28/h1-11,17-18,28,31H,(H2,26,27,30). The highest BCUT2D eigenvalue weighted by molar-refractivity contribution is 6.01. The molecule has 31 heavy (non-hydrogen) atoms. The number of halogens is 3. The first-order valence-corrected chi connectivity index (χ1v) is 9.31. The molecule has 3 atom stereocenters. The normalized spacial score (nSPS) is 23.8. The zero-order chi connectivity index (χ0) is 22.4. The van der Waals surface area contributed by atoms with Crippen molar-refractivity contribution in [1.82, 2.24) is 10.6 Å². The molecule has 3 aromatic carbocycles. The van der Waals surface area contributed by atoms with E-state index in [0.29, 0.717) is 10.8 Å². The predicted octanol–water partition coefficient (Wildman–Crippen LogP) is 3.65. The summed E-state index contributed by atoms with van der Waals surface area (Å²) in [4.78, 5) is 25.5. The zero-order valence-corrected chi connectivity index (χ0v) is 15.9. The molecule has 0 aliphatic carbocycles. The predicted molar refractivity (Wildman–Crippen MR) is 105 cm³/mol. The summed E-state index contributed by atoms with van der Waals surface area (Å²) >= 11 is 0. The Balaban J connectivity index is 1.98. The van der Waals surface area contributed by atoms with Gasteiger partial charge in [0.05, 0.1) is 6.04 Å². The van der Waals surface area contributed by atoms with Gasteiger partial charge in [0, 0.05) is 11.1 Å². The highest BCUT2D eigenvalue weighted by Gasteiger charge is 2.66. The summed E-state index contributed by atoms with van der Waals surface area (Å²) in [5, 5.41) is 25.9.